The molecule has 1 heterocycles. The van der Waals surface area contributed by atoms with E-state index in [0.717, 1.165) is 28.3 Å². The predicted molar refractivity (Wildman–Crippen MR) is 85.3 cm³/mol. The Balaban J connectivity index is 2.31. The number of aldehydes is 1. The summed E-state index contributed by atoms with van der Waals surface area (Å²) in [6, 6.07) is 10.3. The number of hydrogen-bond acceptors (Lipinski definition) is 3. The zero-order valence-corrected chi connectivity index (χ0v) is 12.2. The Kier molecular flexibility index (Phi) is 3.25. The smallest absolute Gasteiger partial charge is 0.270 e. The first-order valence-electron chi connectivity index (χ1n) is 6.84. The first-order valence-corrected chi connectivity index (χ1v) is 6.84. The van der Waals surface area contributed by atoms with Crippen LogP contribution in [0.25, 0.3) is 22.2 Å². The van der Waals surface area contributed by atoms with E-state index in [1.54, 1.807) is 12.1 Å². The number of rotatable bonds is 3. The van der Waals surface area contributed by atoms with Crippen molar-refractivity contribution in [1.29, 1.82) is 0 Å². The number of aryl methyl sites for hydroxylation is 2. The van der Waals surface area contributed by atoms with Crippen molar-refractivity contribution in [2.75, 3.05) is 0 Å². The second kappa shape index (κ2) is 5.11. The van der Waals surface area contributed by atoms with Gasteiger partial charge in [0.05, 0.1) is 10.6 Å². The van der Waals surface area contributed by atoms with Crippen LogP contribution in [0, 0.1) is 24.0 Å². The highest BCUT2D eigenvalue weighted by Gasteiger charge is 2.16. The van der Waals surface area contributed by atoms with E-state index in [2.05, 4.69) is 4.98 Å². The molecule has 0 aliphatic carbocycles. The van der Waals surface area contributed by atoms with Crippen LogP contribution in [0.1, 0.15) is 21.5 Å². The largest absolute Gasteiger partial charge is 0.354 e. The Bertz CT molecular complexity index is 910. The molecular weight excluding hydrogens is 280 g/mol. The Labute approximate surface area is 126 Å². The van der Waals surface area contributed by atoms with Crippen LogP contribution in [-0.2, 0) is 0 Å². The van der Waals surface area contributed by atoms with Gasteiger partial charge in [0.25, 0.3) is 5.69 Å². The van der Waals surface area contributed by atoms with Gasteiger partial charge in [-0.05, 0) is 25.5 Å². The molecule has 3 rings (SSSR count). The van der Waals surface area contributed by atoms with Gasteiger partial charge >= 0.3 is 0 Å². The maximum Gasteiger partial charge on any atom is 0.270 e. The molecule has 1 N–H and O–H groups in total. The van der Waals surface area contributed by atoms with Crippen LogP contribution in [0.15, 0.2) is 36.4 Å². The van der Waals surface area contributed by atoms with Crippen LogP contribution in [0.2, 0.25) is 0 Å². The van der Waals surface area contributed by atoms with E-state index in [4.69, 9.17) is 0 Å². The van der Waals surface area contributed by atoms with Crippen molar-refractivity contribution >= 4 is 22.9 Å². The molecule has 3 aromatic rings. The summed E-state index contributed by atoms with van der Waals surface area (Å²) in [6.07, 6.45) is 0.797. The van der Waals surface area contributed by atoms with Crippen LogP contribution in [0.4, 0.5) is 5.69 Å². The van der Waals surface area contributed by atoms with Crippen LogP contribution in [0.3, 0.4) is 0 Å². The van der Waals surface area contributed by atoms with Crippen LogP contribution < -0.4 is 0 Å². The fourth-order valence-electron chi connectivity index (χ4n) is 2.80. The molecule has 0 unspecified atom stereocenters. The summed E-state index contributed by atoms with van der Waals surface area (Å²) in [7, 11) is 0. The highest BCUT2D eigenvalue weighted by Crippen LogP contribution is 2.32. The molecule has 0 aliphatic heterocycles. The number of carbonyl (C=O) groups is 1. The van der Waals surface area contributed by atoms with Crippen LogP contribution >= 0.6 is 0 Å². The van der Waals surface area contributed by atoms with E-state index in [9.17, 15) is 14.9 Å². The minimum atomic E-state index is -0.442. The number of nitrogens with one attached hydrogen (secondary N) is 1. The quantitative estimate of drug-likeness (QED) is 0.447. The van der Waals surface area contributed by atoms with Gasteiger partial charge < -0.3 is 4.98 Å². The number of fused-ring (bicyclic) bond motifs is 1. The van der Waals surface area contributed by atoms with E-state index in [1.807, 2.05) is 26.0 Å². The molecule has 0 amide bonds. The molecule has 0 radical (unpaired) electrons. The zero-order chi connectivity index (χ0) is 15.9. The molecular formula is C17H14N2O3. The van der Waals surface area contributed by atoms with Crippen molar-refractivity contribution in [3.63, 3.8) is 0 Å². The molecule has 0 saturated carbocycles. The van der Waals surface area contributed by atoms with Gasteiger partial charge in [-0.3, -0.25) is 14.9 Å². The van der Waals surface area contributed by atoms with Gasteiger partial charge in [0.2, 0.25) is 0 Å². The Hall–Kier alpha value is -2.95. The van der Waals surface area contributed by atoms with Crippen LogP contribution in [0.5, 0.6) is 0 Å². The molecule has 0 saturated heterocycles. The summed E-state index contributed by atoms with van der Waals surface area (Å²) < 4.78 is 0. The second-order valence-electron chi connectivity index (χ2n) is 5.34. The lowest BCUT2D eigenvalue weighted by molar-refractivity contribution is -0.384. The zero-order valence-electron chi connectivity index (χ0n) is 12.2. The summed E-state index contributed by atoms with van der Waals surface area (Å²) in [4.78, 5) is 25.3. The fourth-order valence-corrected chi connectivity index (χ4v) is 2.80. The number of aromatic nitrogens is 1. The third-order valence-electron chi connectivity index (χ3n) is 3.75. The summed E-state index contributed by atoms with van der Waals surface area (Å²) in [5.41, 5.74) is 4.76. The molecule has 22 heavy (non-hydrogen) atoms. The van der Waals surface area contributed by atoms with Crippen molar-refractivity contribution in [2.45, 2.75) is 13.8 Å². The van der Waals surface area contributed by atoms with Crippen molar-refractivity contribution in [1.82, 2.24) is 4.98 Å². The molecule has 0 bridgehead atoms. The molecule has 5 nitrogen and oxygen atoms in total. The molecule has 110 valence electrons. The van der Waals surface area contributed by atoms with Gasteiger partial charge in [0.1, 0.15) is 0 Å². The number of nitrogens with zero attached hydrogens (tertiary/aromatic N) is 1. The van der Waals surface area contributed by atoms with Gasteiger partial charge in [-0.25, -0.2) is 0 Å². The molecule has 0 atom stereocenters. The standard InChI is InChI=1S/C17H14N2O3/c1-10-6-11(2)16-14(7-10)15(9-20)17(18-16)12-4-3-5-13(8-12)19(21)22/h3-9,18H,1-2H3. The number of H-pyrrole nitrogens is 1. The van der Waals surface area contributed by atoms with Crippen LogP contribution in [-0.4, -0.2) is 16.2 Å². The lowest BCUT2D eigenvalue weighted by Gasteiger charge is -2.00. The minimum absolute atomic E-state index is 0.000840. The van der Waals surface area contributed by atoms with E-state index in [-0.39, 0.29) is 5.69 Å². The number of hydrogen-bond donors (Lipinski definition) is 1. The number of carbonyl (C=O) groups excluding carboxylic acids is 1. The topological polar surface area (TPSA) is 76.0 Å². The van der Waals surface area contributed by atoms with Crippen molar-refractivity contribution < 1.29 is 9.72 Å². The van der Waals surface area contributed by atoms with E-state index in [1.165, 1.54) is 12.1 Å². The molecule has 0 fully saturated rings. The number of nitro groups is 1. The average Bonchev–Trinajstić information content (AvgIpc) is 2.86. The summed E-state index contributed by atoms with van der Waals surface area (Å²) >= 11 is 0. The number of non-ortho nitro benzene ring substituents is 1. The molecule has 2 aromatic carbocycles. The van der Waals surface area contributed by atoms with Gasteiger partial charge in [-0.15, -0.1) is 0 Å². The molecule has 0 aliphatic rings. The Morgan fingerprint density at radius 2 is 1.95 bits per heavy atom. The lowest BCUT2D eigenvalue weighted by atomic mass is 10.0. The van der Waals surface area contributed by atoms with Gasteiger partial charge in [0, 0.05) is 34.2 Å². The third-order valence-corrected chi connectivity index (χ3v) is 3.75. The van der Waals surface area contributed by atoms with Gasteiger partial charge in [-0.1, -0.05) is 23.8 Å². The van der Waals surface area contributed by atoms with Gasteiger partial charge in [0.15, 0.2) is 6.29 Å². The summed E-state index contributed by atoms with van der Waals surface area (Å²) in [5.74, 6) is 0. The van der Waals surface area contributed by atoms with Gasteiger partial charge in [-0.2, -0.15) is 0 Å². The maximum atomic E-state index is 11.6. The maximum absolute atomic E-state index is 11.6. The molecule has 1 aromatic heterocycles. The van der Waals surface area contributed by atoms with E-state index in [0.29, 0.717) is 16.8 Å². The normalized spacial score (nSPS) is 10.8. The van der Waals surface area contributed by atoms with Crippen molar-refractivity contribution in [2.24, 2.45) is 0 Å². The first-order chi connectivity index (χ1) is 10.5. The fraction of sp³-hybridized carbons (Fsp3) is 0.118. The number of nitro benzene ring substituents is 1. The highest BCUT2D eigenvalue weighted by molar-refractivity contribution is 6.05. The molecule has 0 spiro atoms. The number of benzene rings is 2. The van der Waals surface area contributed by atoms with E-state index >= 15 is 0 Å². The van der Waals surface area contributed by atoms with E-state index < -0.39 is 4.92 Å². The summed E-state index contributed by atoms with van der Waals surface area (Å²) in [5, 5.41) is 11.8. The minimum Gasteiger partial charge on any atom is -0.354 e. The third kappa shape index (κ3) is 2.16. The SMILES string of the molecule is Cc1cc(C)c2[nH]c(-c3cccc([N+](=O)[O-])c3)c(C=O)c2c1. The van der Waals surface area contributed by atoms with Crippen molar-refractivity contribution in [3.05, 3.63) is 63.2 Å². The van der Waals surface area contributed by atoms with Crippen molar-refractivity contribution in [3.8, 4) is 11.3 Å². The molecule has 5 heteroatoms. The number of aromatic amines is 1. The monoisotopic (exact) mass is 294 g/mol. The average molecular weight is 294 g/mol. The highest BCUT2D eigenvalue weighted by atomic mass is 16.6. The summed E-state index contributed by atoms with van der Waals surface area (Å²) in [6.45, 7) is 3.94. The predicted octanol–water partition coefficient (Wildman–Crippen LogP) is 4.17. The Morgan fingerprint density at radius 3 is 2.64 bits per heavy atom. The second-order valence-corrected chi connectivity index (χ2v) is 5.34. The lowest BCUT2D eigenvalue weighted by Crippen LogP contribution is -1.89. The first kappa shape index (κ1) is 14.0. The Morgan fingerprint density at radius 1 is 1.18 bits per heavy atom.